The molecule has 4 heterocycles. The van der Waals surface area contributed by atoms with Crippen molar-refractivity contribution in [3.63, 3.8) is 0 Å². The Balaban J connectivity index is 0.000000175. The van der Waals surface area contributed by atoms with E-state index in [2.05, 4.69) is 36.2 Å². The SMILES string of the molecule is Cc1ccc(-c2nc3ccc(C)cn3c2CC(=O)N(C)C)cc1.Cc1ccc(-c2nc3ccc(C)cn3c2CC(=O)O)cc1. The highest BCUT2D eigenvalue weighted by molar-refractivity contribution is 5.81. The maximum absolute atomic E-state index is 12.3. The maximum Gasteiger partial charge on any atom is 0.309 e. The highest BCUT2D eigenvalue weighted by Crippen LogP contribution is 2.27. The molecule has 0 spiro atoms. The molecular weight excluding hydrogens is 550 g/mol. The zero-order chi connectivity index (χ0) is 31.5. The molecule has 4 aromatic heterocycles. The number of aromatic nitrogens is 4. The van der Waals surface area contributed by atoms with Gasteiger partial charge in [-0.3, -0.25) is 9.59 Å². The minimum absolute atomic E-state index is 0.0478. The summed E-state index contributed by atoms with van der Waals surface area (Å²) in [4.78, 5) is 34.4. The number of carbonyl (C=O) groups is 2. The number of nitrogens with zero attached hydrogens (tertiary/aromatic N) is 5. The van der Waals surface area contributed by atoms with E-state index in [1.807, 2.05) is 90.5 Å². The average Bonchev–Trinajstić information content (AvgIpc) is 3.51. The van der Waals surface area contributed by atoms with Crippen molar-refractivity contribution in [1.82, 2.24) is 23.7 Å². The number of pyridine rings is 2. The molecule has 224 valence electrons. The summed E-state index contributed by atoms with van der Waals surface area (Å²) in [5.74, 6) is -0.784. The lowest BCUT2D eigenvalue weighted by Gasteiger charge is -2.11. The smallest absolute Gasteiger partial charge is 0.309 e. The van der Waals surface area contributed by atoms with Crippen LogP contribution in [0.2, 0.25) is 0 Å². The highest BCUT2D eigenvalue weighted by atomic mass is 16.4. The van der Waals surface area contributed by atoms with Crippen LogP contribution in [0.25, 0.3) is 33.8 Å². The predicted octanol–water partition coefficient (Wildman–Crippen LogP) is 6.49. The van der Waals surface area contributed by atoms with Gasteiger partial charge in [0.15, 0.2) is 0 Å². The van der Waals surface area contributed by atoms with Crippen molar-refractivity contribution >= 4 is 23.2 Å². The molecule has 0 saturated heterocycles. The number of benzene rings is 2. The van der Waals surface area contributed by atoms with Crippen molar-refractivity contribution in [1.29, 1.82) is 0 Å². The van der Waals surface area contributed by atoms with Crippen molar-refractivity contribution in [2.75, 3.05) is 14.1 Å². The lowest BCUT2D eigenvalue weighted by molar-refractivity contribution is -0.136. The van der Waals surface area contributed by atoms with E-state index in [1.54, 1.807) is 19.0 Å². The molecule has 0 atom stereocenters. The predicted molar refractivity (Wildman–Crippen MR) is 174 cm³/mol. The summed E-state index contributed by atoms with van der Waals surface area (Å²) in [6.07, 6.45) is 4.26. The van der Waals surface area contributed by atoms with Crippen LogP contribution in [0.4, 0.5) is 0 Å². The molecule has 0 radical (unpaired) electrons. The normalized spacial score (nSPS) is 11.0. The molecule has 0 aliphatic rings. The molecule has 0 fully saturated rings. The van der Waals surface area contributed by atoms with Gasteiger partial charge in [-0.2, -0.15) is 0 Å². The third kappa shape index (κ3) is 6.54. The number of hydrogen-bond acceptors (Lipinski definition) is 4. The molecule has 1 N–H and O–H groups in total. The molecule has 6 rings (SSSR count). The first-order valence-electron chi connectivity index (χ1n) is 14.5. The second-order valence-corrected chi connectivity index (χ2v) is 11.5. The van der Waals surface area contributed by atoms with Crippen LogP contribution >= 0.6 is 0 Å². The van der Waals surface area contributed by atoms with Gasteiger partial charge < -0.3 is 18.8 Å². The number of amides is 1. The molecule has 0 unspecified atom stereocenters. The Morgan fingerprint density at radius 3 is 1.39 bits per heavy atom. The second kappa shape index (κ2) is 12.6. The molecule has 6 aromatic rings. The quantitative estimate of drug-likeness (QED) is 0.240. The molecule has 0 saturated carbocycles. The van der Waals surface area contributed by atoms with Gasteiger partial charge in [-0.15, -0.1) is 0 Å². The summed E-state index contributed by atoms with van der Waals surface area (Å²) in [5.41, 5.74) is 11.5. The van der Waals surface area contributed by atoms with E-state index >= 15 is 0 Å². The summed E-state index contributed by atoms with van der Waals surface area (Å²) in [5, 5.41) is 9.19. The molecule has 8 nitrogen and oxygen atoms in total. The van der Waals surface area contributed by atoms with Crippen LogP contribution in [-0.2, 0) is 22.4 Å². The molecule has 0 aliphatic heterocycles. The van der Waals surface area contributed by atoms with E-state index in [-0.39, 0.29) is 12.3 Å². The number of carbonyl (C=O) groups excluding carboxylic acids is 1. The zero-order valence-electron chi connectivity index (χ0n) is 26.0. The van der Waals surface area contributed by atoms with Gasteiger partial charge >= 0.3 is 5.97 Å². The number of aryl methyl sites for hydroxylation is 4. The number of likely N-dealkylation sites (N-methyl/N-ethyl adjacent to an activating group) is 1. The van der Waals surface area contributed by atoms with Crippen molar-refractivity contribution in [2.24, 2.45) is 0 Å². The summed E-state index contributed by atoms with van der Waals surface area (Å²) >= 11 is 0. The Hall–Kier alpha value is -5.24. The Morgan fingerprint density at radius 2 is 1.00 bits per heavy atom. The van der Waals surface area contributed by atoms with E-state index in [4.69, 9.17) is 4.98 Å². The van der Waals surface area contributed by atoms with Gasteiger partial charge in [0.1, 0.15) is 11.3 Å². The molecular formula is C36H37N5O3. The number of hydrogen-bond donors (Lipinski definition) is 1. The fraction of sp³-hybridized carbons (Fsp3) is 0.222. The van der Waals surface area contributed by atoms with Crippen molar-refractivity contribution in [3.8, 4) is 22.5 Å². The first kappa shape index (κ1) is 30.2. The van der Waals surface area contributed by atoms with E-state index in [9.17, 15) is 14.7 Å². The maximum atomic E-state index is 12.3. The van der Waals surface area contributed by atoms with E-state index in [0.29, 0.717) is 12.1 Å². The van der Waals surface area contributed by atoms with Gasteiger partial charge in [0.05, 0.1) is 35.6 Å². The molecule has 1 amide bonds. The van der Waals surface area contributed by atoms with Crippen molar-refractivity contribution in [3.05, 3.63) is 119 Å². The van der Waals surface area contributed by atoms with E-state index < -0.39 is 5.97 Å². The third-order valence-corrected chi connectivity index (χ3v) is 7.52. The van der Waals surface area contributed by atoms with Gasteiger partial charge in [0, 0.05) is 37.6 Å². The first-order valence-corrected chi connectivity index (χ1v) is 14.5. The lowest BCUT2D eigenvalue weighted by Crippen LogP contribution is -2.24. The van der Waals surface area contributed by atoms with Crippen LogP contribution in [0.3, 0.4) is 0 Å². The monoisotopic (exact) mass is 587 g/mol. The van der Waals surface area contributed by atoms with Gasteiger partial charge in [-0.1, -0.05) is 71.8 Å². The summed E-state index contributed by atoms with van der Waals surface area (Å²) < 4.78 is 3.91. The molecule has 8 heteroatoms. The van der Waals surface area contributed by atoms with Crippen molar-refractivity contribution < 1.29 is 14.7 Å². The van der Waals surface area contributed by atoms with Gasteiger partial charge in [-0.25, -0.2) is 9.97 Å². The molecule has 2 aromatic carbocycles. The van der Waals surface area contributed by atoms with Crippen LogP contribution in [0.1, 0.15) is 33.6 Å². The topological polar surface area (TPSA) is 92.2 Å². The second-order valence-electron chi connectivity index (χ2n) is 11.5. The average molecular weight is 588 g/mol. The van der Waals surface area contributed by atoms with Gasteiger partial charge in [-0.05, 0) is 51.0 Å². The third-order valence-electron chi connectivity index (χ3n) is 7.52. The van der Waals surface area contributed by atoms with Crippen molar-refractivity contribution in [2.45, 2.75) is 40.5 Å². The molecule has 44 heavy (non-hydrogen) atoms. The molecule has 0 aliphatic carbocycles. The van der Waals surface area contributed by atoms with Crippen LogP contribution in [0.15, 0.2) is 85.2 Å². The summed E-state index contributed by atoms with van der Waals surface area (Å²) in [6.45, 7) is 8.11. The minimum Gasteiger partial charge on any atom is -0.481 e. The number of imidazole rings is 2. The van der Waals surface area contributed by atoms with Crippen LogP contribution < -0.4 is 0 Å². The fourth-order valence-corrected chi connectivity index (χ4v) is 5.07. The Kier molecular flexibility index (Phi) is 8.62. The summed E-state index contributed by atoms with van der Waals surface area (Å²) in [6, 6.07) is 24.2. The number of carboxylic acid groups (broad SMARTS) is 1. The lowest BCUT2D eigenvalue weighted by atomic mass is 10.1. The summed E-state index contributed by atoms with van der Waals surface area (Å²) in [7, 11) is 3.56. The fourth-order valence-electron chi connectivity index (χ4n) is 5.07. The number of rotatable bonds is 6. The molecule has 0 bridgehead atoms. The highest BCUT2D eigenvalue weighted by Gasteiger charge is 2.19. The number of carboxylic acids is 1. The number of aliphatic carboxylic acids is 1. The van der Waals surface area contributed by atoms with Gasteiger partial charge in [0.25, 0.3) is 0 Å². The van der Waals surface area contributed by atoms with Crippen LogP contribution in [0.5, 0.6) is 0 Å². The largest absolute Gasteiger partial charge is 0.481 e. The van der Waals surface area contributed by atoms with Crippen LogP contribution in [-0.4, -0.2) is 54.7 Å². The Morgan fingerprint density at radius 1 is 0.614 bits per heavy atom. The zero-order valence-corrected chi connectivity index (χ0v) is 26.0. The van der Waals surface area contributed by atoms with Crippen LogP contribution in [0, 0.1) is 27.7 Å². The Bertz CT molecular complexity index is 1970. The van der Waals surface area contributed by atoms with Gasteiger partial charge in [0.2, 0.25) is 5.91 Å². The standard InChI is InChI=1S/C19H21N3O.C17H16N2O2/c1-13-5-8-15(9-6-13)19-16(11-18(23)21(3)4)22-12-14(2)7-10-17(22)20-19;1-11-3-6-13(7-4-11)17-14(9-16(20)21)19-10-12(2)5-8-15(19)18-17/h5-10,12H,11H2,1-4H3;3-8,10H,9H2,1-2H3,(H,20,21). The van der Waals surface area contributed by atoms with E-state index in [0.717, 1.165) is 56.2 Å². The first-order chi connectivity index (χ1) is 21.0. The Labute approximate surface area is 257 Å². The number of fused-ring (bicyclic) bond motifs is 2. The minimum atomic E-state index is -0.855. The van der Waals surface area contributed by atoms with E-state index in [1.165, 1.54) is 5.56 Å².